The molecule has 0 aliphatic heterocycles. The molecule has 0 amide bonds. The van der Waals surface area contributed by atoms with Crippen molar-refractivity contribution in [2.75, 3.05) is 0 Å². The highest BCUT2D eigenvalue weighted by molar-refractivity contribution is 5.25. The molecule has 1 N–H and O–H groups in total. The zero-order valence-corrected chi connectivity index (χ0v) is 14.8. The van der Waals surface area contributed by atoms with Crippen LogP contribution in [0.1, 0.15) is 5.56 Å². The van der Waals surface area contributed by atoms with Gasteiger partial charge in [0.2, 0.25) is 0 Å². The van der Waals surface area contributed by atoms with Gasteiger partial charge in [0.25, 0.3) is 0 Å². The Bertz CT molecular complexity index is 899. The monoisotopic (exact) mass is 384 g/mol. The van der Waals surface area contributed by atoms with Gasteiger partial charge in [-0.3, -0.25) is 0 Å². The number of aromatic nitrogens is 6. The summed E-state index contributed by atoms with van der Waals surface area (Å²) >= 11 is 0. The molecule has 2 aromatic carbocycles. The molecule has 4 aromatic rings. The van der Waals surface area contributed by atoms with Gasteiger partial charge in [0, 0.05) is 11.6 Å². The maximum atomic E-state index is 14.1. The predicted molar refractivity (Wildman–Crippen MR) is 96.7 cm³/mol. The summed E-state index contributed by atoms with van der Waals surface area (Å²) in [6.45, 7) is -0.148. The third-order valence-corrected chi connectivity index (χ3v) is 3.88. The lowest BCUT2D eigenvalue weighted by Crippen LogP contribution is -2.37. The summed E-state index contributed by atoms with van der Waals surface area (Å²) < 4.78 is 29.9. The molecule has 0 aliphatic rings. The molecule has 144 valence electrons. The Morgan fingerprint density at radius 2 is 1.32 bits per heavy atom. The molecule has 28 heavy (non-hydrogen) atoms. The molecule has 0 bridgehead atoms. The summed E-state index contributed by atoms with van der Waals surface area (Å²) in [4.78, 5) is 7.57. The van der Waals surface area contributed by atoms with Gasteiger partial charge in [0.1, 0.15) is 42.5 Å². The number of nitrogens with zero attached hydrogens (tertiary/aromatic N) is 6. The Kier molecular flexibility index (Phi) is 6.18. The summed E-state index contributed by atoms with van der Waals surface area (Å²) in [7, 11) is 0. The van der Waals surface area contributed by atoms with Crippen molar-refractivity contribution in [2.24, 2.45) is 0 Å². The van der Waals surface area contributed by atoms with Crippen LogP contribution in [-0.4, -0.2) is 34.6 Å². The summed E-state index contributed by atoms with van der Waals surface area (Å²) in [5.41, 5.74) is -1.75. The quantitative estimate of drug-likeness (QED) is 0.572. The highest BCUT2D eigenvalue weighted by Gasteiger charge is 2.34. The fourth-order valence-electron chi connectivity index (χ4n) is 2.64. The minimum absolute atomic E-state index is 0.0556. The van der Waals surface area contributed by atoms with Crippen molar-refractivity contribution in [1.29, 1.82) is 0 Å². The Morgan fingerprint density at radius 1 is 0.821 bits per heavy atom. The summed E-state index contributed by atoms with van der Waals surface area (Å²) in [5, 5.41) is 18.8. The Balaban J connectivity index is 0.000000320. The number of aliphatic hydroxyl groups is 1. The molecule has 4 rings (SSSR count). The lowest BCUT2D eigenvalue weighted by Gasteiger charge is -2.28. The number of hydrogen-bond acceptors (Lipinski definition) is 5. The third kappa shape index (κ3) is 5.04. The van der Waals surface area contributed by atoms with E-state index in [0.717, 1.165) is 12.1 Å². The van der Waals surface area contributed by atoms with Crippen LogP contribution in [0.15, 0.2) is 79.9 Å². The molecule has 0 radical (unpaired) electrons. The van der Waals surface area contributed by atoms with Crippen LogP contribution < -0.4 is 0 Å². The largest absolute Gasteiger partial charge is 0.381 e. The highest BCUT2D eigenvalue weighted by Crippen LogP contribution is 2.28. The van der Waals surface area contributed by atoms with E-state index in [0.29, 0.717) is 0 Å². The van der Waals surface area contributed by atoms with E-state index in [9.17, 15) is 13.9 Å². The second-order valence-corrected chi connectivity index (χ2v) is 6.00. The number of hydrogen-bond donors (Lipinski definition) is 1. The maximum absolute atomic E-state index is 14.1. The zero-order chi connectivity index (χ0) is 19.8. The molecule has 2 aromatic heterocycles. The average molecular weight is 384 g/mol. The zero-order valence-electron chi connectivity index (χ0n) is 14.8. The van der Waals surface area contributed by atoms with Crippen LogP contribution in [0.25, 0.3) is 0 Å². The fourth-order valence-corrected chi connectivity index (χ4v) is 2.64. The standard InChI is InChI=1S/C13H12F2N6O.C6H6/c14-10-1-2-11(12(15)3-10)13(22,4-20-8-16-6-18-20)5-21-9-17-7-19-21;1-2-4-6-5-3-1/h1-3,6-9,22H,4-5H2;1-6H. The first-order valence-corrected chi connectivity index (χ1v) is 8.39. The van der Waals surface area contributed by atoms with Crippen LogP contribution >= 0.6 is 0 Å². The van der Waals surface area contributed by atoms with Gasteiger partial charge in [-0.05, 0) is 6.07 Å². The van der Waals surface area contributed by atoms with Gasteiger partial charge in [-0.1, -0.05) is 42.5 Å². The normalized spacial score (nSPS) is 11.0. The van der Waals surface area contributed by atoms with E-state index in [1.165, 1.54) is 40.7 Å². The summed E-state index contributed by atoms with van der Waals surface area (Å²) in [6.07, 6.45) is 5.40. The van der Waals surface area contributed by atoms with Crippen molar-refractivity contribution in [3.63, 3.8) is 0 Å². The van der Waals surface area contributed by atoms with Gasteiger partial charge < -0.3 is 5.11 Å². The highest BCUT2D eigenvalue weighted by atomic mass is 19.1. The first-order chi connectivity index (χ1) is 13.6. The van der Waals surface area contributed by atoms with E-state index >= 15 is 0 Å². The van der Waals surface area contributed by atoms with Crippen molar-refractivity contribution in [1.82, 2.24) is 29.5 Å². The van der Waals surface area contributed by atoms with Gasteiger partial charge in [-0.2, -0.15) is 10.2 Å². The Labute approximate surface area is 159 Å². The fraction of sp³-hybridized carbons (Fsp3) is 0.158. The first-order valence-electron chi connectivity index (χ1n) is 8.39. The molecule has 2 heterocycles. The second kappa shape index (κ2) is 8.96. The van der Waals surface area contributed by atoms with E-state index in [-0.39, 0.29) is 18.7 Å². The van der Waals surface area contributed by atoms with Crippen LogP contribution in [0.4, 0.5) is 8.78 Å². The van der Waals surface area contributed by atoms with E-state index in [1.807, 2.05) is 36.4 Å². The molecule has 0 spiro atoms. The van der Waals surface area contributed by atoms with Crippen molar-refractivity contribution < 1.29 is 13.9 Å². The maximum Gasteiger partial charge on any atom is 0.137 e. The SMILES string of the molecule is OC(Cn1cncn1)(Cn1cncn1)c1ccc(F)cc1F.c1ccccc1. The van der Waals surface area contributed by atoms with Crippen LogP contribution in [0.3, 0.4) is 0 Å². The van der Waals surface area contributed by atoms with Crippen molar-refractivity contribution in [3.8, 4) is 0 Å². The lowest BCUT2D eigenvalue weighted by atomic mass is 9.93. The molecule has 0 saturated heterocycles. The van der Waals surface area contributed by atoms with Gasteiger partial charge in [0.05, 0.1) is 13.1 Å². The molecule has 0 saturated carbocycles. The molecule has 0 fully saturated rings. The summed E-state index contributed by atoms with van der Waals surface area (Å²) in [6, 6.07) is 15.0. The Morgan fingerprint density at radius 3 is 1.71 bits per heavy atom. The average Bonchev–Trinajstić information content (AvgIpc) is 3.37. The predicted octanol–water partition coefficient (Wildman–Crippen LogP) is 2.42. The number of rotatable bonds is 5. The van der Waals surface area contributed by atoms with Crippen LogP contribution in [-0.2, 0) is 18.7 Å². The van der Waals surface area contributed by atoms with Crippen LogP contribution in [0.2, 0.25) is 0 Å². The van der Waals surface area contributed by atoms with Crippen molar-refractivity contribution >= 4 is 0 Å². The van der Waals surface area contributed by atoms with Crippen molar-refractivity contribution in [2.45, 2.75) is 18.7 Å². The Hall–Kier alpha value is -3.46. The smallest absolute Gasteiger partial charge is 0.137 e. The van der Waals surface area contributed by atoms with E-state index in [2.05, 4.69) is 20.2 Å². The molecular formula is C19H18F2N6O. The van der Waals surface area contributed by atoms with E-state index in [4.69, 9.17) is 0 Å². The lowest BCUT2D eigenvalue weighted by molar-refractivity contribution is -0.00855. The molecule has 0 atom stereocenters. The van der Waals surface area contributed by atoms with Crippen LogP contribution in [0.5, 0.6) is 0 Å². The van der Waals surface area contributed by atoms with Gasteiger partial charge in [0.15, 0.2) is 0 Å². The van der Waals surface area contributed by atoms with Gasteiger partial charge in [-0.15, -0.1) is 0 Å². The number of halogens is 2. The van der Waals surface area contributed by atoms with Crippen LogP contribution in [0, 0.1) is 11.6 Å². The molecule has 0 aliphatic carbocycles. The van der Waals surface area contributed by atoms with E-state index in [1.54, 1.807) is 0 Å². The van der Waals surface area contributed by atoms with Crippen molar-refractivity contribution in [3.05, 3.63) is 97.1 Å². The topological polar surface area (TPSA) is 81.6 Å². The minimum atomic E-state index is -1.70. The summed E-state index contributed by atoms with van der Waals surface area (Å²) in [5.74, 6) is -1.56. The molecule has 9 heteroatoms. The first kappa shape index (κ1) is 19.3. The minimum Gasteiger partial charge on any atom is -0.381 e. The van der Waals surface area contributed by atoms with Gasteiger partial charge in [-0.25, -0.2) is 28.1 Å². The van der Waals surface area contributed by atoms with Gasteiger partial charge >= 0.3 is 0 Å². The van der Waals surface area contributed by atoms with E-state index < -0.39 is 17.2 Å². The molecule has 7 nitrogen and oxygen atoms in total. The third-order valence-electron chi connectivity index (χ3n) is 3.88. The molecule has 0 unspecified atom stereocenters. The second-order valence-electron chi connectivity index (χ2n) is 6.00. The number of benzene rings is 2. The molecular weight excluding hydrogens is 366 g/mol.